The minimum atomic E-state index is 0. The third kappa shape index (κ3) is 7.95. The Kier molecular flexibility index (Phi) is 10.0. The first kappa shape index (κ1) is 22.9. The molecule has 1 saturated carbocycles. The highest BCUT2D eigenvalue weighted by molar-refractivity contribution is 14.0. The summed E-state index contributed by atoms with van der Waals surface area (Å²) in [6.45, 7) is 4.20. The molecule has 28 heavy (non-hydrogen) atoms. The first-order valence-electron chi connectivity index (χ1n) is 10.1. The summed E-state index contributed by atoms with van der Waals surface area (Å²) < 4.78 is 5.90. The summed E-state index contributed by atoms with van der Waals surface area (Å²) in [4.78, 5) is 18.4. The number of ether oxygens (including phenoxy) is 1. The highest BCUT2D eigenvalue weighted by Crippen LogP contribution is 2.19. The fourth-order valence-electron chi connectivity index (χ4n) is 3.39. The van der Waals surface area contributed by atoms with Gasteiger partial charge in [0.15, 0.2) is 5.96 Å². The molecular weight excluding hydrogens is 467 g/mol. The third-order valence-electron chi connectivity index (χ3n) is 5.07. The predicted molar refractivity (Wildman–Crippen MR) is 123 cm³/mol. The number of benzene rings is 1. The van der Waals surface area contributed by atoms with Gasteiger partial charge in [-0.1, -0.05) is 30.3 Å². The van der Waals surface area contributed by atoms with Gasteiger partial charge in [-0.25, -0.2) is 0 Å². The molecule has 2 N–H and O–H groups in total. The second-order valence-corrected chi connectivity index (χ2v) is 7.52. The molecular formula is C21H33IN4O2. The Morgan fingerprint density at radius 3 is 2.75 bits per heavy atom. The van der Waals surface area contributed by atoms with Gasteiger partial charge in [-0.3, -0.25) is 9.79 Å². The van der Waals surface area contributed by atoms with Crippen molar-refractivity contribution < 1.29 is 9.53 Å². The minimum absolute atomic E-state index is 0. The number of rotatable bonds is 9. The van der Waals surface area contributed by atoms with E-state index in [2.05, 4.69) is 32.7 Å². The van der Waals surface area contributed by atoms with Crippen molar-refractivity contribution in [2.75, 3.05) is 33.3 Å². The normalized spacial score (nSPS) is 19.2. The molecule has 1 aromatic rings. The molecule has 1 unspecified atom stereocenters. The second-order valence-electron chi connectivity index (χ2n) is 7.52. The van der Waals surface area contributed by atoms with Crippen molar-refractivity contribution in [2.24, 2.45) is 10.9 Å². The smallest absolute Gasteiger partial charge is 0.220 e. The zero-order valence-corrected chi connectivity index (χ0v) is 19.1. The van der Waals surface area contributed by atoms with Crippen LogP contribution in [0.5, 0.6) is 0 Å². The molecule has 1 atom stereocenters. The van der Waals surface area contributed by atoms with Crippen molar-refractivity contribution in [2.45, 2.75) is 44.8 Å². The van der Waals surface area contributed by atoms with Gasteiger partial charge >= 0.3 is 0 Å². The van der Waals surface area contributed by atoms with E-state index in [9.17, 15) is 4.79 Å². The largest absolute Gasteiger partial charge is 0.376 e. The van der Waals surface area contributed by atoms with Crippen LogP contribution in [0.4, 0.5) is 0 Å². The molecule has 2 fully saturated rings. The quantitative estimate of drug-likeness (QED) is 0.237. The Bertz CT molecular complexity index is 622. The molecule has 1 aliphatic heterocycles. The number of hydrogen-bond acceptors (Lipinski definition) is 3. The SMILES string of the molecule is CN=C(NCCCC(=O)NC1CC1)N1CCC(COCc2ccccc2)C1.I. The molecule has 7 heteroatoms. The maximum absolute atomic E-state index is 11.7. The van der Waals surface area contributed by atoms with Gasteiger partial charge in [0.1, 0.15) is 0 Å². The van der Waals surface area contributed by atoms with E-state index in [1.807, 2.05) is 25.2 Å². The summed E-state index contributed by atoms with van der Waals surface area (Å²) in [5.41, 5.74) is 1.22. The summed E-state index contributed by atoms with van der Waals surface area (Å²) in [7, 11) is 1.82. The number of amides is 1. The number of guanidine groups is 1. The van der Waals surface area contributed by atoms with Crippen LogP contribution in [0.1, 0.15) is 37.7 Å². The first-order valence-corrected chi connectivity index (χ1v) is 10.1. The van der Waals surface area contributed by atoms with Crippen molar-refractivity contribution in [3.63, 3.8) is 0 Å². The van der Waals surface area contributed by atoms with Crippen LogP contribution in [0.2, 0.25) is 0 Å². The number of carbonyl (C=O) groups is 1. The van der Waals surface area contributed by atoms with Gasteiger partial charge in [-0.05, 0) is 31.2 Å². The molecule has 0 spiro atoms. The Morgan fingerprint density at radius 1 is 1.25 bits per heavy atom. The van der Waals surface area contributed by atoms with Crippen LogP contribution in [-0.2, 0) is 16.1 Å². The summed E-state index contributed by atoms with van der Waals surface area (Å²) >= 11 is 0. The van der Waals surface area contributed by atoms with E-state index in [0.717, 1.165) is 57.9 Å². The topological polar surface area (TPSA) is 66.0 Å². The molecule has 1 amide bonds. The molecule has 2 aliphatic rings. The van der Waals surface area contributed by atoms with Gasteiger partial charge in [-0.15, -0.1) is 24.0 Å². The minimum Gasteiger partial charge on any atom is -0.376 e. The van der Waals surface area contributed by atoms with Crippen LogP contribution in [0.25, 0.3) is 0 Å². The Labute approximate surface area is 185 Å². The molecule has 0 bridgehead atoms. The summed E-state index contributed by atoms with van der Waals surface area (Å²) in [6, 6.07) is 10.7. The van der Waals surface area contributed by atoms with E-state index in [1.54, 1.807) is 0 Å². The Morgan fingerprint density at radius 2 is 2.04 bits per heavy atom. The lowest BCUT2D eigenvalue weighted by Crippen LogP contribution is -2.40. The van der Waals surface area contributed by atoms with Crippen LogP contribution < -0.4 is 10.6 Å². The lowest BCUT2D eigenvalue weighted by Gasteiger charge is -2.21. The van der Waals surface area contributed by atoms with Crippen LogP contribution in [0.3, 0.4) is 0 Å². The van der Waals surface area contributed by atoms with Crippen molar-refractivity contribution in [3.8, 4) is 0 Å². The lowest BCUT2D eigenvalue weighted by molar-refractivity contribution is -0.121. The van der Waals surface area contributed by atoms with Crippen LogP contribution >= 0.6 is 24.0 Å². The average Bonchev–Trinajstić information content (AvgIpc) is 3.37. The summed E-state index contributed by atoms with van der Waals surface area (Å²) in [6.07, 6.45) is 4.81. The summed E-state index contributed by atoms with van der Waals surface area (Å²) in [5, 5.41) is 6.42. The molecule has 3 rings (SSSR count). The molecule has 1 saturated heterocycles. The number of halogens is 1. The van der Waals surface area contributed by atoms with Crippen molar-refractivity contribution >= 4 is 35.8 Å². The van der Waals surface area contributed by atoms with E-state index in [1.165, 1.54) is 5.56 Å². The molecule has 1 aromatic carbocycles. The number of likely N-dealkylation sites (tertiary alicyclic amines) is 1. The first-order chi connectivity index (χ1) is 13.2. The lowest BCUT2D eigenvalue weighted by atomic mass is 10.1. The van der Waals surface area contributed by atoms with Gasteiger partial charge in [0.25, 0.3) is 0 Å². The second kappa shape index (κ2) is 12.3. The van der Waals surface area contributed by atoms with E-state index in [0.29, 0.717) is 25.0 Å². The molecule has 0 aromatic heterocycles. The van der Waals surface area contributed by atoms with Gasteiger partial charge in [-0.2, -0.15) is 0 Å². The van der Waals surface area contributed by atoms with E-state index < -0.39 is 0 Å². The number of aliphatic imine (C=N–C) groups is 1. The molecule has 156 valence electrons. The predicted octanol–water partition coefficient (Wildman–Crippen LogP) is 2.78. The highest BCUT2D eigenvalue weighted by atomic mass is 127. The maximum atomic E-state index is 11.7. The van der Waals surface area contributed by atoms with Crippen molar-refractivity contribution in [3.05, 3.63) is 35.9 Å². The summed E-state index contributed by atoms with van der Waals surface area (Å²) in [5.74, 6) is 1.64. The van der Waals surface area contributed by atoms with Gasteiger partial charge < -0.3 is 20.3 Å². The standard InChI is InChI=1S/C21H32N4O2.HI/c1-22-21(23-12-5-8-20(26)24-19-9-10-19)25-13-11-18(14-25)16-27-15-17-6-3-2-4-7-17;/h2-4,6-7,18-19H,5,8-16H2,1H3,(H,22,23)(H,24,26);1H. The number of nitrogens with one attached hydrogen (secondary N) is 2. The van der Waals surface area contributed by atoms with Crippen LogP contribution in [0.15, 0.2) is 35.3 Å². The molecule has 1 aliphatic carbocycles. The van der Waals surface area contributed by atoms with E-state index >= 15 is 0 Å². The van der Waals surface area contributed by atoms with Gasteiger partial charge in [0.05, 0.1) is 13.2 Å². The van der Waals surface area contributed by atoms with Crippen molar-refractivity contribution in [1.29, 1.82) is 0 Å². The van der Waals surface area contributed by atoms with Gasteiger partial charge in [0.2, 0.25) is 5.91 Å². The molecule has 6 nitrogen and oxygen atoms in total. The number of carbonyl (C=O) groups excluding carboxylic acids is 1. The Hall–Kier alpha value is -1.35. The fourth-order valence-corrected chi connectivity index (χ4v) is 3.39. The van der Waals surface area contributed by atoms with Gasteiger partial charge in [0, 0.05) is 45.1 Å². The van der Waals surface area contributed by atoms with Crippen LogP contribution in [0, 0.1) is 5.92 Å². The Balaban J connectivity index is 0.00000280. The monoisotopic (exact) mass is 500 g/mol. The van der Waals surface area contributed by atoms with E-state index in [4.69, 9.17) is 4.74 Å². The zero-order chi connectivity index (χ0) is 18.9. The molecule has 0 radical (unpaired) electrons. The van der Waals surface area contributed by atoms with Crippen molar-refractivity contribution in [1.82, 2.24) is 15.5 Å². The number of nitrogens with zero attached hydrogens (tertiary/aromatic N) is 2. The van der Waals surface area contributed by atoms with Crippen LogP contribution in [-0.4, -0.2) is 56.1 Å². The van der Waals surface area contributed by atoms with E-state index in [-0.39, 0.29) is 29.9 Å². The zero-order valence-electron chi connectivity index (χ0n) is 16.7. The number of hydrogen-bond donors (Lipinski definition) is 2. The molecule has 1 heterocycles. The average molecular weight is 500 g/mol. The third-order valence-corrected chi connectivity index (χ3v) is 5.07. The fraction of sp³-hybridized carbons (Fsp3) is 0.619. The maximum Gasteiger partial charge on any atom is 0.220 e. The highest BCUT2D eigenvalue weighted by Gasteiger charge is 2.25.